The second-order valence-electron chi connectivity index (χ2n) is 8.12. The molecule has 2 unspecified atom stereocenters. The highest BCUT2D eigenvalue weighted by Crippen LogP contribution is 2.32. The Balaban J connectivity index is 1.92. The molecule has 2 amide bonds. The maximum absolute atomic E-state index is 13.6. The molecule has 1 aliphatic heterocycles. The topological polar surface area (TPSA) is 104 Å². The lowest BCUT2D eigenvalue weighted by Gasteiger charge is -2.51. The summed E-state index contributed by atoms with van der Waals surface area (Å²) >= 11 is 0. The summed E-state index contributed by atoms with van der Waals surface area (Å²) in [5.41, 5.74) is 2.11. The van der Waals surface area contributed by atoms with Crippen LogP contribution in [-0.4, -0.2) is 55.5 Å². The zero-order chi connectivity index (χ0) is 22.6. The summed E-state index contributed by atoms with van der Waals surface area (Å²) < 4.78 is 0. The van der Waals surface area contributed by atoms with Gasteiger partial charge in [0.05, 0.1) is 24.5 Å². The van der Waals surface area contributed by atoms with Crippen molar-refractivity contribution in [2.75, 3.05) is 0 Å². The van der Waals surface area contributed by atoms with Gasteiger partial charge in [-0.1, -0.05) is 62.4 Å². The fourth-order valence-electron chi connectivity index (χ4n) is 4.40. The Morgan fingerprint density at radius 3 is 1.32 bits per heavy atom. The van der Waals surface area contributed by atoms with Crippen molar-refractivity contribution >= 4 is 14.6 Å². The van der Waals surface area contributed by atoms with Gasteiger partial charge >= 0.3 is 14.6 Å². The van der Waals surface area contributed by atoms with E-state index in [-0.39, 0.29) is 32.3 Å². The van der Waals surface area contributed by atoms with Crippen LogP contribution < -0.4 is 0 Å². The molecule has 1 fully saturated rings. The number of carbonyl (C=O) groups is 1. The summed E-state index contributed by atoms with van der Waals surface area (Å²) in [6.45, 7) is 4.20. The molecule has 0 saturated carbocycles. The normalized spacial score (nSPS) is 20.9. The molecule has 1 aliphatic rings. The summed E-state index contributed by atoms with van der Waals surface area (Å²) in [6, 6.07) is 14.4. The zero-order valence-electron chi connectivity index (χ0n) is 18.1. The maximum atomic E-state index is 13.6. The van der Waals surface area contributed by atoms with Crippen LogP contribution in [0.15, 0.2) is 48.5 Å². The minimum Gasteiger partial charge on any atom is -0.408 e. The minimum absolute atomic E-state index is 0.0508. The lowest BCUT2D eigenvalue weighted by molar-refractivity contribution is 0.0803. The van der Waals surface area contributed by atoms with Gasteiger partial charge < -0.3 is 29.6 Å². The number of benzene rings is 2. The summed E-state index contributed by atoms with van der Waals surface area (Å²) in [7, 11) is -3.81. The number of carbonyl (C=O) groups excluding carboxylic acids is 1. The van der Waals surface area contributed by atoms with E-state index in [1.165, 1.54) is 0 Å². The van der Waals surface area contributed by atoms with Gasteiger partial charge in [0, 0.05) is 13.1 Å². The molecule has 168 valence electrons. The van der Waals surface area contributed by atoms with Crippen LogP contribution in [0.2, 0.25) is 0 Å². The molecule has 0 aliphatic carbocycles. The van der Waals surface area contributed by atoms with Crippen LogP contribution in [0.25, 0.3) is 0 Å². The highest BCUT2D eigenvalue weighted by Gasteiger charge is 2.57. The van der Waals surface area contributed by atoms with Crippen molar-refractivity contribution < 1.29 is 24.6 Å². The molecule has 3 rings (SSSR count). The predicted molar refractivity (Wildman–Crippen MR) is 120 cm³/mol. The van der Waals surface area contributed by atoms with Gasteiger partial charge in [-0.2, -0.15) is 0 Å². The first-order chi connectivity index (χ1) is 14.8. The van der Waals surface area contributed by atoms with Gasteiger partial charge in [-0.25, -0.2) is 4.79 Å². The van der Waals surface area contributed by atoms with Crippen LogP contribution in [-0.2, 0) is 26.3 Å². The molecule has 0 radical (unpaired) electrons. The Bertz CT molecular complexity index is 803. The molecule has 7 nitrogen and oxygen atoms in total. The van der Waals surface area contributed by atoms with Gasteiger partial charge in [0.1, 0.15) is 0 Å². The van der Waals surface area contributed by atoms with Crippen LogP contribution in [0, 0.1) is 0 Å². The van der Waals surface area contributed by atoms with E-state index >= 15 is 0 Å². The zero-order valence-corrected chi connectivity index (χ0v) is 19.1. The average molecular weight is 445 g/mol. The Morgan fingerprint density at radius 2 is 1.03 bits per heavy atom. The highest BCUT2D eigenvalue weighted by atomic mass is 28.4. The predicted octanol–water partition coefficient (Wildman–Crippen LogP) is 2.17. The van der Waals surface area contributed by atoms with Gasteiger partial charge in [-0.05, 0) is 35.1 Å². The van der Waals surface area contributed by atoms with Crippen LogP contribution in [0.3, 0.4) is 0 Å². The van der Waals surface area contributed by atoms with E-state index in [1.807, 2.05) is 62.4 Å². The lowest BCUT2D eigenvalue weighted by Crippen LogP contribution is -2.75. The second kappa shape index (κ2) is 9.93. The number of urea groups is 1. The van der Waals surface area contributed by atoms with E-state index in [4.69, 9.17) is 0 Å². The van der Waals surface area contributed by atoms with Crippen LogP contribution >= 0.6 is 0 Å². The first-order valence-corrected chi connectivity index (χ1v) is 12.8. The van der Waals surface area contributed by atoms with Gasteiger partial charge in [-0.15, -0.1) is 0 Å². The van der Waals surface area contributed by atoms with Crippen molar-refractivity contribution in [3.05, 3.63) is 70.8 Å². The molecule has 2 atom stereocenters. The van der Waals surface area contributed by atoms with E-state index in [0.29, 0.717) is 12.8 Å². The van der Waals surface area contributed by atoms with Crippen LogP contribution in [0.1, 0.15) is 48.9 Å². The van der Waals surface area contributed by atoms with E-state index in [0.717, 1.165) is 22.3 Å². The standard InChI is InChI=1S/C23H32N2O5Si/c1-3-21-24(13-17-5-9-19(15-26)10-6-17)23(28)25(22(4-2)31(21,29)30)14-18-7-11-20(16-27)12-8-18/h5-12,21-22,26-27,29-30H,3-4,13-16H2,1-2H3. The molecule has 2 aromatic rings. The summed E-state index contributed by atoms with van der Waals surface area (Å²) in [4.78, 5) is 39.3. The van der Waals surface area contributed by atoms with Crippen molar-refractivity contribution in [2.24, 2.45) is 0 Å². The number of aliphatic hydroxyl groups is 2. The molecule has 0 bridgehead atoms. The highest BCUT2D eigenvalue weighted by molar-refractivity contribution is 6.69. The number of hydrogen-bond donors (Lipinski definition) is 4. The second-order valence-corrected chi connectivity index (χ2v) is 11.0. The van der Waals surface area contributed by atoms with Crippen molar-refractivity contribution in [3.63, 3.8) is 0 Å². The molecule has 8 heteroatoms. The summed E-state index contributed by atoms with van der Waals surface area (Å²) in [5, 5.41) is 18.5. The van der Waals surface area contributed by atoms with Crippen LogP contribution in [0.5, 0.6) is 0 Å². The first kappa shape index (κ1) is 23.4. The van der Waals surface area contributed by atoms with Crippen LogP contribution in [0.4, 0.5) is 4.79 Å². The fraction of sp³-hybridized carbons (Fsp3) is 0.435. The van der Waals surface area contributed by atoms with E-state index in [2.05, 4.69) is 0 Å². The largest absolute Gasteiger partial charge is 0.408 e. The SMILES string of the molecule is CCC1N(Cc2ccc(CO)cc2)C(=O)N(Cc2ccc(CO)cc2)C(CC)[Si]1(O)O. The third-order valence-corrected chi connectivity index (χ3v) is 9.52. The molecular formula is C23H32N2O5Si. The third kappa shape index (κ3) is 4.83. The quantitative estimate of drug-likeness (QED) is 0.467. The molecule has 31 heavy (non-hydrogen) atoms. The lowest BCUT2D eigenvalue weighted by atomic mass is 10.1. The first-order valence-electron chi connectivity index (χ1n) is 10.7. The fourth-order valence-corrected chi connectivity index (χ4v) is 7.37. The Kier molecular flexibility index (Phi) is 7.50. The van der Waals surface area contributed by atoms with Gasteiger partial charge in [-0.3, -0.25) is 0 Å². The molecule has 2 aromatic carbocycles. The van der Waals surface area contributed by atoms with Crippen molar-refractivity contribution in [3.8, 4) is 0 Å². The summed E-state index contributed by atoms with van der Waals surface area (Å²) in [6.07, 6.45) is 0.935. The summed E-state index contributed by atoms with van der Waals surface area (Å²) in [5.74, 6) is 0. The maximum Gasteiger partial charge on any atom is 0.379 e. The van der Waals surface area contributed by atoms with Crippen molar-refractivity contribution in [2.45, 2.75) is 64.3 Å². The van der Waals surface area contributed by atoms with Gasteiger partial charge in [0.25, 0.3) is 0 Å². The van der Waals surface area contributed by atoms with Gasteiger partial charge in [0.2, 0.25) is 0 Å². The Labute approximate surface area is 184 Å². The Morgan fingerprint density at radius 1 is 0.710 bits per heavy atom. The van der Waals surface area contributed by atoms with E-state index in [9.17, 15) is 24.6 Å². The molecule has 1 heterocycles. The molecule has 4 N–H and O–H groups in total. The molecule has 0 spiro atoms. The number of nitrogens with zero attached hydrogens (tertiary/aromatic N) is 2. The molecule has 1 saturated heterocycles. The third-order valence-electron chi connectivity index (χ3n) is 6.12. The molecule has 0 aromatic heterocycles. The van der Waals surface area contributed by atoms with E-state index < -0.39 is 19.9 Å². The van der Waals surface area contributed by atoms with Crippen molar-refractivity contribution in [1.29, 1.82) is 0 Å². The molecular weight excluding hydrogens is 412 g/mol. The number of hydrogen-bond acceptors (Lipinski definition) is 5. The minimum atomic E-state index is -3.81. The Hall–Kier alpha value is -2.23. The monoisotopic (exact) mass is 444 g/mol. The van der Waals surface area contributed by atoms with Crippen molar-refractivity contribution in [1.82, 2.24) is 9.80 Å². The number of amides is 2. The number of rotatable bonds is 8. The smallest absolute Gasteiger partial charge is 0.379 e. The average Bonchev–Trinajstić information content (AvgIpc) is 2.78. The van der Waals surface area contributed by atoms with E-state index in [1.54, 1.807) is 9.80 Å². The van der Waals surface area contributed by atoms with Gasteiger partial charge in [0.15, 0.2) is 0 Å². The number of aliphatic hydroxyl groups excluding tert-OH is 2.